The predicted octanol–water partition coefficient (Wildman–Crippen LogP) is 1.23. The molecule has 0 radical (unpaired) electrons. The summed E-state index contributed by atoms with van der Waals surface area (Å²) >= 11 is 0. The summed E-state index contributed by atoms with van der Waals surface area (Å²) in [4.78, 5) is 24.0. The lowest BCUT2D eigenvalue weighted by Gasteiger charge is -2.06. The minimum Gasteiger partial charge on any atom is -0.370 e. The molecule has 6 nitrogen and oxygen atoms in total. The number of aromatic nitrogens is 3. The van der Waals surface area contributed by atoms with E-state index >= 15 is 0 Å². The third kappa shape index (κ3) is 3.74. The number of nitrogens with zero attached hydrogens (tertiary/aromatic N) is 3. The van der Waals surface area contributed by atoms with Crippen molar-refractivity contribution in [1.82, 2.24) is 20.3 Å². The minimum atomic E-state index is -0.224. The van der Waals surface area contributed by atoms with Crippen molar-refractivity contribution in [2.75, 3.05) is 11.9 Å². The molecule has 6 heteroatoms. The van der Waals surface area contributed by atoms with Gasteiger partial charge in [0, 0.05) is 12.7 Å². The molecule has 0 bridgehead atoms. The Balaban J connectivity index is 1.98. The molecule has 0 unspecified atom stereocenters. The lowest BCUT2D eigenvalue weighted by atomic mass is 10.3. The van der Waals surface area contributed by atoms with Crippen molar-refractivity contribution >= 4 is 11.7 Å². The van der Waals surface area contributed by atoms with E-state index in [2.05, 4.69) is 25.6 Å². The first-order valence-corrected chi connectivity index (χ1v) is 6.03. The lowest BCUT2D eigenvalue weighted by molar-refractivity contribution is 0.0945. The molecule has 2 aromatic rings. The maximum Gasteiger partial charge on any atom is 0.270 e. The van der Waals surface area contributed by atoms with Gasteiger partial charge >= 0.3 is 0 Å². The number of hydrogen-bond acceptors (Lipinski definition) is 5. The van der Waals surface area contributed by atoms with Crippen molar-refractivity contribution in [2.45, 2.75) is 13.5 Å². The lowest BCUT2D eigenvalue weighted by Crippen LogP contribution is -2.24. The Morgan fingerprint density at radius 1 is 1.32 bits per heavy atom. The highest BCUT2D eigenvalue weighted by molar-refractivity contribution is 5.92. The highest BCUT2D eigenvalue weighted by Crippen LogP contribution is 2.04. The predicted molar refractivity (Wildman–Crippen MR) is 71.6 cm³/mol. The van der Waals surface area contributed by atoms with Gasteiger partial charge in [-0.25, -0.2) is 15.0 Å². The number of amides is 1. The summed E-state index contributed by atoms with van der Waals surface area (Å²) < 4.78 is 0. The van der Waals surface area contributed by atoms with Gasteiger partial charge in [-0.3, -0.25) is 4.79 Å². The number of nitrogens with one attached hydrogen (secondary N) is 2. The fraction of sp³-hybridized carbons (Fsp3) is 0.231. The van der Waals surface area contributed by atoms with Crippen LogP contribution < -0.4 is 10.6 Å². The molecule has 0 saturated carbocycles. The molecule has 2 heterocycles. The van der Waals surface area contributed by atoms with Gasteiger partial charge in [0.15, 0.2) is 0 Å². The Morgan fingerprint density at radius 2 is 2.21 bits per heavy atom. The smallest absolute Gasteiger partial charge is 0.270 e. The average Bonchev–Trinajstić information content (AvgIpc) is 2.46. The van der Waals surface area contributed by atoms with Crippen molar-refractivity contribution in [3.63, 3.8) is 0 Å². The third-order valence-electron chi connectivity index (χ3n) is 2.41. The molecule has 0 aliphatic carbocycles. The number of anilines is 1. The Labute approximate surface area is 111 Å². The van der Waals surface area contributed by atoms with Crippen LogP contribution in [0.2, 0.25) is 0 Å². The number of carbonyl (C=O) groups excluding carboxylic acids is 1. The zero-order valence-electron chi connectivity index (χ0n) is 10.6. The standard InChI is InChI=1S/C13H15N5O/c1-2-15-12-5-3-4-11(18-12)13(19)16-8-10-6-7-14-9-17-10/h3-7,9H,2,8H2,1H3,(H,15,18)(H,16,19). The van der Waals surface area contributed by atoms with E-state index in [-0.39, 0.29) is 5.91 Å². The summed E-state index contributed by atoms with van der Waals surface area (Å²) in [6, 6.07) is 7.05. The Bertz CT molecular complexity index is 544. The van der Waals surface area contributed by atoms with E-state index in [1.165, 1.54) is 6.33 Å². The maximum atomic E-state index is 11.9. The maximum absolute atomic E-state index is 11.9. The number of rotatable bonds is 5. The third-order valence-corrected chi connectivity index (χ3v) is 2.41. The molecular weight excluding hydrogens is 242 g/mol. The molecule has 1 amide bonds. The molecule has 0 fully saturated rings. The van der Waals surface area contributed by atoms with Crippen molar-refractivity contribution in [3.05, 3.63) is 48.2 Å². The molecule has 0 aromatic carbocycles. The van der Waals surface area contributed by atoms with Gasteiger partial charge in [0.25, 0.3) is 5.91 Å². The first-order valence-electron chi connectivity index (χ1n) is 6.03. The number of carbonyl (C=O) groups is 1. The topological polar surface area (TPSA) is 79.8 Å². The van der Waals surface area contributed by atoms with Gasteiger partial charge < -0.3 is 10.6 Å². The Kier molecular flexibility index (Phi) is 4.39. The van der Waals surface area contributed by atoms with Gasteiger partial charge in [0.1, 0.15) is 17.8 Å². The van der Waals surface area contributed by atoms with Crippen molar-refractivity contribution in [2.24, 2.45) is 0 Å². The molecule has 0 spiro atoms. The van der Waals surface area contributed by atoms with Crippen molar-refractivity contribution in [3.8, 4) is 0 Å². The van der Waals surface area contributed by atoms with Crippen LogP contribution in [0.5, 0.6) is 0 Å². The highest BCUT2D eigenvalue weighted by Gasteiger charge is 2.07. The average molecular weight is 257 g/mol. The quantitative estimate of drug-likeness (QED) is 0.842. The molecule has 0 aliphatic heterocycles. The summed E-state index contributed by atoms with van der Waals surface area (Å²) in [5.74, 6) is 0.468. The molecule has 0 saturated heterocycles. The van der Waals surface area contributed by atoms with Gasteiger partial charge in [-0.2, -0.15) is 0 Å². The van der Waals surface area contributed by atoms with Crippen LogP contribution in [0.15, 0.2) is 36.8 Å². The van der Waals surface area contributed by atoms with Crippen LogP contribution in [-0.2, 0) is 6.54 Å². The summed E-state index contributed by atoms with van der Waals surface area (Å²) in [7, 11) is 0. The molecule has 2 N–H and O–H groups in total. The highest BCUT2D eigenvalue weighted by atomic mass is 16.1. The summed E-state index contributed by atoms with van der Waals surface area (Å²) in [5, 5.41) is 5.83. The molecule has 2 aromatic heterocycles. The van der Waals surface area contributed by atoms with Crippen LogP contribution in [0.25, 0.3) is 0 Å². The normalized spacial score (nSPS) is 9.95. The van der Waals surface area contributed by atoms with E-state index in [0.29, 0.717) is 18.1 Å². The van der Waals surface area contributed by atoms with E-state index in [1.54, 1.807) is 24.4 Å². The van der Waals surface area contributed by atoms with Crippen LogP contribution in [-0.4, -0.2) is 27.4 Å². The van der Waals surface area contributed by atoms with Gasteiger partial charge in [0.2, 0.25) is 0 Å². The second-order valence-electron chi connectivity index (χ2n) is 3.82. The molecule has 2 rings (SSSR count). The second-order valence-corrected chi connectivity index (χ2v) is 3.82. The van der Waals surface area contributed by atoms with Gasteiger partial charge in [0.05, 0.1) is 12.2 Å². The monoisotopic (exact) mass is 257 g/mol. The van der Waals surface area contributed by atoms with Gasteiger partial charge in [-0.05, 0) is 25.1 Å². The van der Waals surface area contributed by atoms with E-state index in [4.69, 9.17) is 0 Å². The van der Waals surface area contributed by atoms with E-state index < -0.39 is 0 Å². The van der Waals surface area contributed by atoms with E-state index in [9.17, 15) is 4.79 Å². The van der Waals surface area contributed by atoms with Gasteiger partial charge in [-0.15, -0.1) is 0 Å². The SMILES string of the molecule is CCNc1cccc(C(=O)NCc2ccncn2)n1. The largest absolute Gasteiger partial charge is 0.370 e. The number of pyridine rings is 1. The van der Waals surface area contributed by atoms with E-state index in [1.807, 2.05) is 13.0 Å². The van der Waals surface area contributed by atoms with Gasteiger partial charge in [-0.1, -0.05) is 6.07 Å². The Morgan fingerprint density at radius 3 is 2.95 bits per heavy atom. The molecule has 0 aliphatic rings. The fourth-order valence-electron chi connectivity index (χ4n) is 1.52. The first kappa shape index (κ1) is 12.9. The molecule has 0 atom stereocenters. The first-order chi connectivity index (χ1) is 9.29. The zero-order chi connectivity index (χ0) is 13.5. The van der Waals surface area contributed by atoms with E-state index in [0.717, 1.165) is 12.2 Å². The molecule has 98 valence electrons. The molecule has 19 heavy (non-hydrogen) atoms. The van der Waals surface area contributed by atoms with Crippen molar-refractivity contribution in [1.29, 1.82) is 0 Å². The fourth-order valence-corrected chi connectivity index (χ4v) is 1.52. The van der Waals surface area contributed by atoms with Crippen molar-refractivity contribution < 1.29 is 4.79 Å². The summed E-state index contributed by atoms with van der Waals surface area (Å²) in [6.07, 6.45) is 3.09. The second kappa shape index (κ2) is 6.44. The van der Waals surface area contributed by atoms with Crippen LogP contribution in [0, 0.1) is 0 Å². The zero-order valence-corrected chi connectivity index (χ0v) is 10.6. The summed E-state index contributed by atoms with van der Waals surface area (Å²) in [6.45, 7) is 3.09. The minimum absolute atomic E-state index is 0.224. The molecular formula is C13H15N5O. The number of hydrogen-bond donors (Lipinski definition) is 2. The Hall–Kier alpha value is -2.50. The van der Waals surface area contributed by atoms with Crippen LogP contribution in [0.1, 0.15) is 23.1 Å². The van der Waals surface area contributed by atoms with Crippen LogP contribution >= 0.6 is 0 Å². The van der Waals surface area contributed by atoms with Crippen LogP contribution in [0.3, 0.4) is 0 Å². The summed E-state index contributed by atoms with van der Waals surface area (Å²) in [5.41, 5.74) is 1.14. The van der Waals surface area contributed by atoms with Crippen LogP contribution in [0.4, 0.5) is 5.82 Å².